The Morgan fingerprint density at radius 1 is 0.800 bits per heavy atom. The molecule has 1 heterocycles. The van der Waals surface area contributed by atoms with Gasteiger partial charge in [0.05, 0.1) is 0 Å². The fourth-order valence-electron chi connectivity index (χ4n) is 2.02. The summed E-state index contributed by atoms with van der Waals surface area (Å²) in [7, 11) is 0. The van der Waals surface area contributed by atoms with E-state index in [2.05, 4.69) is 59.6 Å². The molecule has 15 heavy (non-hydrogen) atoms. The van der Waals surface area contributed by atoms with Crippen molar-refractivity contribution in [2.45, 2.75) is 5.71 Å². The van der Waals surface area contributed by atoms with Crippen LogP contribution < -0.4 is 14.0 Å². The molecule has 2 aromatic rings. The van der Waals surface area contributed by atoms with Gasteiger partial charge in [-0.05, 0) is 0 Å². The molecule has 1 nitrogen and oxygen atoms in total. The van der Waals surface area contributed by atoms with Crippen LogP contribution in [0.3, 0.4) is 0 Å². The normalized spacial score (nSPS) is 13.9. The van der Waals surface area contributed by atoms with Crippen molar-refractivity contribution in [2.75, 3.05) is 5.32 Å². The third-order valence-electron chi connectivity index (χ3n) is 2.80. The van der Waals surface area contributed by atoms with Gasteiger partial charge in [0.1, 0.15) is 0 Å². The van der Waals surface area contributed by atoms with E-state index >= 15 is 0 Å². The predicted octanol–water partition coefficient (Wildman–Crippen LogP) is 1.98. The SMILES string of the molecule is C[As]1c2ccccc2Nc2ccccc21. The fourth-order valence-corrected chi connectivity index (χ4v) is 5.93. The Bertz CT molecular complexity index is 462. The summed E-state index contributed by atoms with van der Waals surface area (Å²) in [6.07, 6.45) is 0. The monoisotopic (exact) mass is 257 g/mol. The molecule has 0 aromatic heterocycles. The average Bonchev–Trinajstić information content (AvgIpc) is 2.30. The van der Waals surface area contributed by atoms with Crippen LogP contribution in [0.2, 0.25) is 5.71 Å². The van der Waals surface area contributed by atoms with E-state index in [0.29, 0.717) is 0 Å². The summed E-state index contributed by atoms with van der Waals surface area (Å²) in [5.74, 6) is 0. The summed E-state index contributed by atoms with van der Waals surface area (Å²) >= 11 is -1.02. The molecule has 2 aromatic carbocycles. The molecular formula is C13H12AsN. The first-order chi connectivity index (χ1) is 7.36. The van der Waals surface area contributed by atoms with Crippen LogP contribution in [0, 0.1) is 0 Å². The van der Waals surface area contributed by atoms with E-state index in [1.165, 1.54) is 20.1 Å². The van der Waals surface area contributed by atoms with Crippen LogP contribution in [0.25, 0.3) is 0 Å². The number of rotatable bonds is 0. The first kappa shape index (κ1) is 9.06. The van der Waals surface area contributed by atoms with E-state index in [1.807, 2.05) is 0 Å². The van der Waals surface area contributed by atoms with E-state index in [4.69, 9.17) is 0 Å². The van der Waals surface area contributed by atoms with Gasteiger partial charge >= 0.3 is 94.3 Å². The molecule has 3 rings (SSSR count). The molecule has 0 saturated carbocycles. The Morgan fingerprint density at radius 3 is 1.80 bits per heavy atom. The number of nitrogens with one attached hydrogen (secondary N) is 1. The van der Waals surface area contributed by atoms with Crippen LogP contribution in [0.15, 0.2) is 48.5 Å². The Labute approximate surface area is 94.4 Å². The van der Waals surface area contributed by atoms with E-state index in [-0.39, 0.29) is 0 Å². The Morgan fingerprint density at radius 2 is 1.27 bits per heavy atom. The average molecular weight is 257 g/mol. The molecule has 0 spiro atoms. The van der Waals surface area contributed by atoms with Gasteiger partial charge < -0.3 is 0 Å². The minimum atomic E-state index is -1.02. The molecule has 1 aliphatic rings. The number of hydrogen-bond donors (Lipinski definition) is 1. The molecule has 0 amide bonds. The van der Waals surface area contributed by atoms with Crippen molar-refractivity contribution in [3.05, 3.63) is 48.5 Å². The van der Waals surface area contributed by atoms with Crippen molar-refractivity contribution in [1.29, 1.82) is 0 Å². The van der Waals surface area contributed by atoms with Crippen molar-refractivity contribution in [3.8, 4) is 0 Å². The Balaban J connectivity index is 2.20. The zero-order valence-electron chi connectivity index (χ0n) is 8.57. The molecule has 0 aliphatic carbocycles. The molecule has 0 atom stereocenters. The molecule has 0 bridgehead atoms. The van der Waals surface area contributed by atoms with E-state index in [9.17, 15) is 0 Å². The molecule has 1 aliphatic heterocycles. The number of hydrogen-bond acceptors (Lipinski definition) is 1. The zero-order valence-corrected chi connectivity index (χ0v) is 10.4. The quantitative estimate of drug-likeness (QED) is 0.712. The van der Waals surface area contributed by atoms with Crippen LogP contribution in [0.5, 0.6) is 0 Å². The Kier molecular flexibility index (Phi) is 2.07. The standard InChI is InChI=1S/C13H12AsN/c1-14-10-6-2-4-8-12(10)15-13-9-5-3-7-11(13)14/h2-9,15H,1H3. The van der Waals surface area contributed by atoms with Crippen molar-refractivity contribution < 1.29 is 0 Å². The van der Waals surface area contributed by atoms with Crippen LogP contribution in [0.1, 0.15) is 0 Å². The van der Waals surface area contributed by atoms with Gasteiger partial charge in [-0.1, -0.05) is 0 Å². The van der Waals surface area contributed by atoms with Gasteiger partial charge in [-0.25, -0.2) is 0 Å². The topological polar surface area (TPSA) is 12.0 Å². The number of fused-ring (bicyclic) bond motifs is 2. The maximum absolute atomic E-state index is 3.51. The second-order valence-corrected chi connectivity index (χ2v) is 8.09. The van der Waals surface area contributed by atoms with Crippen LogP contribution in [0.4, 0.5) is 11.4 Å². The first-order valence-electron chi connectivity index (χ1n) is 5.05. The molecule has 0 unspecified atom stereocenters. The second-order valence-electron chi connectivity index (χ2n) is 3.72. The fraction of sp³-hybridized carbons (Fsp3) is 0.0769. The summed E-state index contributed by atoms with van der Waals surface area (Å²) in [4.78, 5) is 0. The van der Waals surface area contributed by atoms with E-state index < -0.39 is 14.7 Å². The van der Waals surface area contributed by atoms with E-state index in [1.54, 1.807) is 0 Å². The molecule has 0 radical (unpaired) electrons. The second kappa shape index (κ2) is 3.43. The number of para-hydroxylation sites is 2. The summed E-state index contributed by atoms with van der Waals surface area (Å²) < 4.78 is 3.06. The molecule has 74 valence electrons. The first-order valence-corrected chi connectivity index (χ1v) is 8.80. The Hall–Kier alpha value is -1.20. The maximum atomic E-state index is 3.51. The van der Waals surface area contributed by atoms with Gasteiger partial charge in [0.25, 0.3) is 0 Å². The number of anilines is 2. The zero-order chi connectivity index (χ0) is 10.3. The summed E-state index contributed by atoms with van der Waals surface area (Å²) in [6.45, 7) is 0. The molecule has 2 heteroatoms. The van der Waals surface area contributed by atoms with Crippen LogP contribution in [-0.4, -0.2) is 14.7 Å². The van der Waals surface area contributed by atoms with Crippen molar-refractivity contribution in [1.82, 2.24) is 0 Å². The van der Waals surface area contributed by atoms with Crippen molar-refractivity contribution >= 4 is 34.7 Å². The van der Waals surface area contributed by atoms with Crippen molar-refractivity contribution in [2.24, 2.45) is 0 Å². The van der Waals surface area contributed by atoms with E-state index in [0.717, 1.165) is 0 Å². The van der Waals surface area contributed by atoms with Gasteiger partial charge in [-0.3, -0.25) is 0 Å². The van der Waals surface area contributed by atoms with Crippen LogP contribution in [-0.2, 0) is 0 Å². The molecular weight excluding hydrogens is 245 g/mol. The molecule has 0 saturated heterocycles. The predicted molar refractivity (Wildman–Crippen MR) is 67.1 cm³/mol. The summed E-state index contributed by atoms with van der Waals surface area (Å²) in [5.41, 5.74) is 5.02. The molecule has 0 fully saturated rings. The summed E-state index contributed by atoms with van der Waals surface area (Å²) in [6, 6.07) is 17.4. The third-order valence-corrected chi connectivity index (χ3v) is 7.47. The van der Waals surface area contributed by atoms with Gasteiger partial charge in [-0.15, -0.1) is 0 Å². The van der Waals surface area contributed by atoms with Crippen LogP contribution >= 0.6 is 0 Å². The third kappa shape index (κ3) is 1.39. The molecule has 1 N–H and O–H groups in total. The van der Waals surface area contributed by atoms with Crippen molar-refractivity contribution in [3.63, 3.8) is 0 Å². The van der Waals surface area contributed by atoms with Gasteiger partial charge in [0.15, 0.2) is 0 Å². The number of benzene rings is 2. The van der Waals surface area contributed by atoms with Gasteiger partial charge in [0, 0.05) is 0 Å². The van der Waals surface area contributed by atoms with Gasteiger partial charge in [-0.2, -0.15) is 0 Å². The van der Waals surface area contributed by atoms with Gasteiger partial charge in [0.2, 0.25) is 0 Å². The summed E-state index contributed by atoms with van der Waals surface area (Å²) in [5, 5.41) is 3.51. The minimum absolute atomic E-state index is 1.02.